The average molecular weight is 276 g/mol. The summed E-state index contributed by atoms with van der Waals surface area (Å²) < 4.78 is 0. The van der Waals surface area contributed by atoms with Crippen LogP contribution in [0.4, 0.5) is 0 Å². The topological polar surface area (TPSA) is 15.3 Å². The van der Waals surface area contributed by atoms with Gasteiger partial charge in [-0.2, -0.15) is 11.8 Å². The maximum Gasteiger partial charge on any atom is 0.0473 e. The molecule has 0 spiro atoms. The number of hydrogen-bond acceptors (Lipinski definition) is 3. The summed E-state index contributed by atoms with van der Waals surface area (Å²) in [5, 5.41) is 4.49. The summed E-state index contributed by atoms with van der Waals surface area (Å²) in [6.45, 7) is 5.82. The van der Waals surface area contributed by atoms with Gasteiger partial charge in [0.15, 0.2) is 0 Å². The van der Waals surface area contributed by atoms with E-state index in [1.54, 1.807) is 0 Å². The molecular formula is C16H24N2S. The molecule has 1 N–H and O–H groups in total. The van der Waals surface area contributed by atoms with Gasteiger partial charge in [0, 0.05) is 37.0 Å². The van der Waals surface area contributed by atoms with Gasteiger partial charge in [0.2, 0.25) is 0 Å². The van der Waals surface area contributed by atoms with Gasteiger partial charge in [-0.15, -0.1) is 0 Å². The van der Waals surface area contributed by atoms with Crippen molar-refractivity contribution >= 4 is 11.8 Å². The maximum atomic E-state index is 3.64. The van der Waals surface area contributed by atoms with Crippen LogP contribution in [0.3, 0.4) is 0 Å². The Kier molecular flexibility index (Phi) is 4.46. The minimum Gasteiger partial charge on any atom is -0.311 e. The highest BCUT2D eigenvalue weighted by atomic mass is 32.2. The molecule has 0 radical (unpaired) electrons. The van der Waals surface area contributed by atoms with Crippen molar-refractivity contribution in [3.63, 3.8) is 0 Å². The second kappa shape index (κ2) is 6.29. The molecule has 2 saturated heterocycles. The van der Waals surface area contributed by atoms with Gasteiger partial charge < -0.3 is 5.32 Å². The Labute approximate surface area is 121 Å². The number of nitrogens with zero attached hydrogens (tertiary/aromatic N) is 1. The van der Waals surface area contributed by atoms with Gasteiger partial charge in [-0.05, 0) is 31.1 Å². The fourth-order valence-electron chi connectivity index (χ4n) is 3.24. The number of hydrogen-bond donors (Lipinski definition) is 1. The fraction of sp³-hybridized carbons (Fsp3) is 0.625. The molecule has 3 atom stereocenters. The molecule has 0 amide bonds. The molecule has 2 aliphatic heterocycles. The SMILES string of the molecule is CC1CN(CC2CCCS2)C(c2ccccc2)CN1. The molecule has 2 heterocycles. The first kappa shape index (κ1) is 13.5. The predicted molar refractivity (Wildman–Crippen MR) is 83.7 cm³/mol. The van der Waals surface area contributed by atoms with E-state index < -0.39 is 0 Å². The van der Waals surface area contributed by atoms with Crippen LogP contribution in [0, 0.1) is 0 Å². The van der Waals surface area contributed by atoms with E-state index in [1.807, 2.05) is 0 Å². The van der Waals surface area contributed by atoms with Crippen LogP contribution in [0.5, 0.6) is 0 Å². The van der Waals surface area contributed by atoms with Crippen LogP contribution in [0.25, 0.3) is 0 Å². The Morgan fingerprint density at radius 2 is 2.16 bits per heavy atom. The minimum atomic E-state index is 0.554. The summed E-state index contributed by atoms with van der Waals surface area (Å²) in [7, 11) is 0. The number of nitrogens with one attached hydrogen (secondary N) is 1. The Balaban J connectivity index is 1.72. The molecule has 1 aromatic rings. The lowest BCUT2D eigenvalue weighted by Crippen LogP contribution is -2.52. The minimum absolute atomic E-state index is 0.554. The van der Waals surface area contributed by atoms with Crippen molar-refractivity contribution in [3.8, 4) is 0 Å². The van der Waals surface area contributed by atoms with E-state index in [0.29, 0.717) is 12.1 Å². The summed E-state index contributed by atoms with van der Waals surface area (Å²) in [5.74, 6) is 1.36. The largest absolute Gasteiger partial charge is 0.311 e. The first-order valence-electron chi connectivity index (χ1n) is 7.47. The van der Waals surface area contributed by atoms with Gasteiger partial charge in [0.25, 0.3) is 0 Å². The third-order valence-electron chi connectivity index (χ3n) is 4.26. The van der Waals surface area contributed by atoms with E-state index >= 15 is 0 Å². The highest BCUT2D eigenvalue weighted by Crippen LogP contribution is 2.31. The van der Waals surface area contributed by atoms with Crippen LogP contribution in [-0.2, 0) is 0 Å². The molecule has 0 aromatic heterocycles. The second-order valence-electron chi connectivity index (χ2n) is 5.82. The molecule has 1 aromatic carbocycles. The predicted octanol–water partition coefficient (Wildman–Crippen LogP) is 2.92. The summed E-state index contributed by atoms with van der Waals surface area (Å²) in [5.41, 5.74) is 1.46. The summed E-state index contributed by atoms with van der Waals surface area (Å²) in [6, 6.07) is 12.2. The molecule has 2 fully saturated rings. The van der Waals surface area contributed by atoms with Gasteiger partial charge in [-0.1, -0.05) is 30.3 Å². The van der Waals surface area contributed by atoms with E-state index in [-0.39, 0.29) is 0 Å². The van der Waals surface area contributed by atoms with Gasteiger partial charge in [0.05, 0.1) is 0 Å². The van der Waals surface area contributed by atoms with E-state index in [9.17, 15) is 0 Å². The lowest BCUT2D eigenvalue weighted by molar-refractivity contribution is 0.136. The van der Waals surface area contributed by atoms with Crippen LogP contribution < -0.4 is 5.32 Å². The van der Waals surface area contributed by atoms with Crippen molar-refractivity contribution in [3.05, 3.63) is 35.9 Å². The van der Waals surface area contributed by atoms with Gasteiger partial charge in [-0.3, -0.25) is 4.90 Å². The molecule has 3 heteroatoms. The molecule has 0 aliphatic carbocycles. The molecular weight excluding hydrogens is 252 g/mol. The summed E-state index contributed by atoms with van der Waals surface area (Å²) in [6.07, 6.45) is 2.82. The number of thioether (sulfide) groups is 1. The fourth-order valence-corrected chi connectivity index (χ4v) is 4.54. The monoisotopic (exact) mass is 276 g/mol. The Bertz CT molecular complexity index is 389. The van der Waals surface area contributed by atoms with E-state index in [1.165, 1.54) is 37.2 Å². The van der Waals surface area contributed by atoms with Crippen molar-refractivity contribution in [1.82, 2.24) is 10.2 Å². The number of benzene rings is 1. The number of piperazine rings is 1. The van der Waals surface area contributed by atoms with E-state index in [0.717, 1.165) is 11.8 Å². The van der Waals surface area contributed by atoms with Gasteiger partial charge >= 0.3 is 0 Å². The zero-order chi connectivity index (χ0) is 13.1. The van der Waals surface area contributed by atoms with Gasteiger partial charge in [0.1, 0.15) is 0 Å². The van der Waals surface area contributed by atoms with Crippen LogP contribution in [0.15, 0.2) is 30.3 Å². The first-order valence-corrected chi connectivity index (χ1v) is 8.52. The first-order chi connectivity index (χ1) is 9.33. The zero-order valence-corrected chi connectivity index (χ0v) is 12.5. The Hall–Kier alpha value is -0.510. The van der Waals surface area contributed by atoms with Crippen molar-refractivity contribution in [1.29, 1.82) is 0 Å². The van der Waals surface area contributed by atoms with E-state index in [4.69, 9.17) is 0 Å². The summed E-state index contributed by atoms with van der Waals surface area (Å²) in [4.78, 5) is 2.71. The molecule has 2 nitrogen and oxygen atoms in total. The zero-order valence-electron chi connectivity index (χ0n) is 11.7. The average Bonchev–Trinajstić information content (AvgIpc) is 2.93. The van der Waals surface area contributed by atoms with Crippen molar-refractivity contribution in [2.24, 2.45) is 0 Å². The van der Waals surface area contributed by atoms with E-state index in [2.05, 4.69) is 59.2 Å². The Morgan fingerprint density at radius 3 is 2.89 bits per heavy atom. The van der Waals surface area contributed by atoms with Gasteiger partial charge in [-0.25, -0.2) is 0 Å². The van der Waals surface area contributed by atoms with Crippen LogP contribution >= 0.6 is 11.8 Å². The molecule has 0 bridgehead atoms. The molecule has 0 saturated carbocycles. The molecule has 3 unspecified atom stereocenters. The third-order valence-corrected chi connectivity index (χ3v) is 5.64. The third kappa shape index (κ3) is 3.33. The number of rotatable bonds is 3. The highest BCUT2D eigenvalue weighted by molar-refractivity contribution is 8.00. The molecule has 2 aliphatic rings. The van der Waals surface area contributed by atoms with Crippen molar-refractivity contribution in [2.45, 2.75) is 37.1 Å². The van der Waals surface area contributed by atoms with Crippen LogP contribution in [0.2, 0.25) is 0 Å². The van der Waals surface area contributed by atoms with Crippen molar-refractivity contribution < 1.29 is 0 Å². The van der Waals surface area contributed by atoms with Crippen molar-refractivity contribution in [2.75, 3.05) is 25.4 Å². The molecule has 19 heavy (non-hydrogen) atoms. The lowest BCUT2D eigenvalue weighted by atomic mass is 10.0. The highest BCUT2D eigenvalue weighted by Gasteiger charge is 2.29. The smallest absolute Gasteiger partial charge is 0.0473 e. The standard InChI is InChI=1S/C16H24N2S/c1-13-11-18(12-15-8-5-9-19-15)16(10-17-13)14-6-3-2-4-7-14/h2-4,6-7,13,15-17H,5,8-12H2,1H3. The molecule has 104 valence electrons. The summed E-state index contributed by atoms with van der Waals surface area (Å²) >= 11 is 2.17. The normalized spacial score (nSPS) is 32.6. The Morgan fingerprint density at radius 1 is 1.32 bits per heavy atom. The van der Waals surface area contributed by atoms with Crippen LogP contribution in [-0.4, -0.2) is 41.6 Å². The second-order valence-corrected chi connectivity index (χ2v) is 7.23. The lowest BCUT2D eigenvalue weighted by Gasteiger charge is -2.40. The molecule has 3 rings (SSSR count). The maximum absolute atomic E-state index is 3.64. The quantitative estimate of drug-likeness (QED) is 0.914. The van der Waals surface area contributed by atoms with Crippen LogP contribution in [0.1, 0.15) is 31.4 Å².